The highest BCUT2D eigenvalue weighted by atomic mass is 35.5. The van der Waals surface area contributed by atoms with Gasteiger partial charge in [-0.25, -0.2) is 4.57 Å². The van der Waals surface area contributed by atoms with Gasteiger partial charge in [0, 0.05) is 31.1 Å². The Labute approximate surface area is 173 Å². The zero-order valence-electron chi connectivity index (χ0n) is 15.7. The number of carboxylic acids is 2. The average molecular weight is 421 g/mol. The topological polar surface area (TPSA) is 133 Å². The molecule has 0 atom stereocenters. The van der Waals surface area contributed by atoms with Crippen molar-refractivity contribution in [3.05, 3.63) is 54.4 Å². The maximum Gasteiger partial charge on any atom is 0.309 e. The molecular weight excluding hydrogens is 400 g/mol. The zero-order chi connectivity index (χ0) is 20.4. The van der Waals surface area contributed by atoms with Crippen LogP contribution in [0.25, 0.3) is 0 Å². The molecule has 0 bridgehead atoms. The summed E-state index contributed by atoms with van der Waals surface area (Å²) in [4.78, 5) is 21.1. The van der Waals surface area contributed by atoms with Crippen LogP contribution in [-0.4, -0.2) is 32.6 Å². The van der Waals surface area contributed by atoms with Gasteiger partial charge in [0.15, 0.2) is 24.8 Å². The van der Waals surface area contributed by atoms with Gasteiger partial charge in [-0.15, -0.1) is 20.4 Å². The maximum absolute atomic E-state index is 10.6. The van der Waals surface area contributed by atoms with Crippen molar-refractivity contribution in [3.63, 3.8) is 0 Å². The van der Waals surface area contributed by atoms with Crippen LogP contribution in [0.2, 0.25) is 0 Å². The Hall–Kier alpha value is -3.40. The molecule has 0 saturated carbocycles. The minimum absolute atomic E-state index is 0. The van der Waals surface area contributed by atoms with E-state index in [1.807, 2.05) is 0 Å². The van der Waals surface area contributed by atoms with E-state index in [0.717, 1.165) is 0 Å². The van der Waals surface area contributed by atoms with Crippen LogP contribution in [0.1, 0.15) is 19.8 Å². The molecule has 11 heteroatoms. The van der Waals surface area contributed by atoms with Crippen molar-refractivity contribution in [3.8, 4) is 0 Å². The number of pyridine rings is 2. The van der Waals surface area contributed by atoms with Crippen LogP contribution in [0.3, 0.4) is 0 Å². The first-order valence-electron chi connectivity index (χ1n) is 8.51. The van der Waals surface area contributed by atoms with Crippen LogP contribution in [-0.2, 0) is 22.7 Å². The van der Waals surface area contributed by atoms with Crippen molar-refractivity contribution >= 4 is 23.5 Å². The van der Waals surface area contributed by atoms with E-state index >= 15 is 0 Å². The van der Waals surface area contributed by atoms with Gasteiger partial charge in [-0.1, -0.05) is 0 Å². The summed E-state index contributed by atoms with van der Waals surface area (Å²) in [5, 5.41) is 34.0. The minimum atomic E-state index is -0.847. The summed E-state index contributed by atoms with van der Waals surface area (Å²) in [6.07, 6.45) is 7.04. The summed E-state index contributed by atoms with van der Waals surface area (Å²) < 4.78 is 3.50. The van der Waals surface area contributed by atoms with Gasteiger partial charge in [0.1, 0.15) is 6.42 Å². The summed E-state index contributed by atoms with van der Waals surface area (Å²) >= 11 is 0. The standard InChI is InChI=1S/C18H20N6O4.ClH/c1-14(19-21-15-2-8-23(9-3-15)12-6-17(25)26)20-22-16-4-10-24(11-5-16)13-7-18(27)28;/h2-5,8-11H,6-7,12-13H2,1H3,(H-,25,26,27,28);1H. The molecule has 2 N–H and O–H groups in total. The van der Waals surface area contributed by atoms with Crippen molar-refractivity contribution in [2.75, 3.05) is 0 Å². The Morgan fingerprint density at radius 1 is 1.03 bits per heavy atom. The molecule has 10 nitrogen and oxygen atoms in total. The number of carboxylic acid groups (broad SMARTS) is 2. The largest absolute Gasteiger partial charge is 1.00 e. The first-order valence-corrected chi connectivity index (χ1v) is 8.51. The third kappa shape index (κ3) is 9.38. The Bertz CT molecular complexity index is 933. The number of amidine groups is 1. The predicted octanol–water partition coefficient (Wildman–Crippen LogP) is -1.25. The van der Waals surface area contributed by atoms with Gasteiger partial charge in [-0.2, -0.15) is 0 Å². The normalized spacial score (nSPS) is 11.1. The molecule has 0 radical (unpaired) electrons. The number of hydrogen-bond donors (Lipinski definition) is 2. The number of aryl methyl sites for hydroxylation is 2. The number of rotatable bonds is 8. The minimum Gasteiger partial charge on any atom is -1.00 e. The average Bonchev–Trinajstić information content (AvgIpc) is 2.69. The molecule has 0 amide bonds. The van der Waals surface area contributed by atoms with E-state index in [1.54, 1.807) is 65.1 Å². The summed E-state index contributed by atoms with van der Waals surface area (Å²) in [5.74, 6) is -1.33. The first-order chi connectivity index (χ1) is 13.4. The fraction of sp³-hybridized carbons (Fsp3) is 0.278. The molecule has 2 aromatic rings. The second-order valence-corrected chi connectivity index (χ2v) is 5.82. The molecule has 0 spiro atoms. The molecule has 2 heterocycles. The van der Waals surface area contributed by atoms with Crippen molar-refractivity contribution in [1.82, 2.24) is 4.57 Å². The molecule has 0 aliphatic heterocycles. The Morgan fingerprint density at radius 3 is 2.24 bits per heavy atom. The molecule has 0 fully saturated rings. The van der Waals surface area contributed by atoms with Crippen molar-refractivity contribution in [1.29, 1.82) is 0 Å². The maximum atomic E-state index is 10.6. The highest BCUT2D eigenvalue weighted by Gasteiger charge is 2.04. The zero-order valence-corrected chi connectivity index (χ0v) is 16.5. The molecule has 0 aliphatic rings. The Kier molecular flexibility index (Phi) is 9.89. The number of nitrogens with zero attached hydrogens (tertiary/aromatic N) is 6. The molecule has 154 valence electrons. The number of azo groups is 1. The van der Waals surface area contributed by atoms with E-state index in [4.69, 9.17) is 10.2 Å². The van der Waals surface area contributed by atoms with E-state index in [0.29, 0.717) is 30.0 Å². The van der Waals surface area contributed by atoms with E-state index in [1.165, 1.54) is 0 Å². The van der Waals surface area contributed by atoms with E-state index in [-0.39, 0.29) is 25.2 Å². The van der Waals surface area contributed by atoms with Crippen LogP contribution in [0.15, 0.2) is 69.5 Å². The highest BCUT2D eigenvalue weighted by molar-refractivity contribution is 5.79. The highest BCUT2D eigenvalue weighted by Crippen LogP contribution is 2.08. The number of hydrogen-bond acceptors (Lipinski definition) is 5. The second kappa shape index (κ2) is 12.1. The number of aliphatic carboxylic acids is 2. The molecule has 0 aromatic carbocycles. The number of carbonyl (C=O) groups is 2. The lowest BCUT2D eigenvalue weighted by molar-refractivity contribution is -0.695. The molecule has 2 aromatic heterocycles. The van der Waals surface area contributed by atoms with Gasteiger partial charge in [0.2, 0.25) is 0 Å². The van der Waals surface area contributed by atoms with Crippen LogP contribution < -0.4 is 22.3 Å². The van der Waals surface area contributed by atoms with Gasteiger partial charge in [0.05, 0.1) is 17.5 Å². The lowest BCUT2D eigenvalue weighted by atomic mass is 10.4. The third-order valence-corrected chi connectivity index (χ3v) is 3.54. The molecule has 0 unspecified atom stereocenters. The third-order valence-electron chi connectivity index (χ3n) is 3.54. The summed E-state index contributed by atoms with van der Waals surface area (Å²) in [5.41, 5.74) is 0.611. The van der Waals surface area contributed by atoms with Crippen LogP contribution in [0.4, 0.5) is 5.69 Å². The lowest BCUT2D eigenvalue weighted by Gasteiger charge is -2.02. The van der Waals surface area contributed by atoms with Gasteiger partial charge >= 0.3 is 11.9 Å². The second-order valence-electron chi connectivity index (χ2n) is 5.82. The predicted molar refractivity (Wildman–Crippen MR) is 98.8 cm³/mol. The summed E-state index contributed by atoms with van der Waals surface area (Å²) in [6.45, 7) is 2.44. The fourth-order valence-corrected chi connectivity index (χ4v) is 2.06. The van der Waals surface area contributed by atoms with E-state index in [9.17, 15) is 9.59 Å². The quantitative estimate of drug-likeness (QED) is 0.181. The van der Waals surface area contributed by atoms with Gasteiger partial charge in [-0.05, 0) is 19.1 Å². The van der Waals surface area contributed by atoms with Crippen molar-refractivity contribution in [2.45, 2.75) is 32.9 Å². The van der Waals surface area contributed by atoms with E-state index < -0.39 is 11.9 Å². The molecule has 0 aliphatic carbocycles. The van der Waals surface area contributed by atoms with E-state index in [2.05, 4.69) is 20.4 Å². The fourth-order valence-electron chi connectivity index (χ4n) is 2.06. The monoisotopic (exact) mass is 420 g/mol. The van der Waals surface area contributed by atoms with Gasteiger partial charge in [0.25, 0.3) is 0 Å². The van der Waals surface area contributed by atoms with Crippen LogP contribution in [0, 0.1) is 0 Å². The summed E-state index contributed by atoms with van der Waals surface area (Å²) in [6, 6.07) is 6.90. The summed E-state index contributed by atoms with van der Waals surface area (Å²) in [7, 11) is 0. The van der Waals surface area contributed by atoms with Crippen LogP contribution in [0.5, 0.6) is 0 Å². The van der Waals surface area contributed by atoms with Crippen molar-refractivity contribution in [2.24, 2.45) is 20.4 Å². The Morgan fingerprint density at radius 2 is 1.66 bits per heavy atom. The van der Waals surface area contributed by atoms with Crippen LogP contribution >= 0.6 is 0 Å². The number of halogens is 1. The molecule has 29 heavy (non-hydrogen) atoms. The smallest absolute Gasteiger partial charge is 0.309 e. The molecular formula is C18H21ClN6O4. The molecule has 0 saturated heterocycles. The van der Waals surface area contributed by atoms with Gasteiger partial charge in [-0.3, -0.25) is 9.59 Å². The first kappa shape index (κ1) is 23.6. The van der Waals surface area contributed by atoms with Gasteiger partial charge < -0.3 is 27.2 Å². The lowest BCUT2D eigenvalue weighted by Crippen LogP contribution is -3.00. The molecule has 2 rings (SSSR count). The van der Waals surface area contributed by atoms with Crippen molar-refractivity contribution < 1.29 is 36.8 Å². The Balaban J connectivity index is 0.00000420. The SMILES string of the molecule is CC(N=Nc1cc[n+](CCC(=O)O)cc1)=NN=c1ccn(CCC(=O)O)cc1.[Cl-]. The number of aromatic nitrogens is 2.